The van der Waals surface area contributed by atoms with Crippen LogP contribution >= 0.6 is 0 Å². The van der Waals surface area contributed by atoms with E-state index in [9.17, 15) is 12.8 Å². The van der Waals surface area contributed by atoms with Gasteiger partial charge in [0.05, 0.1) is 13.2 Å². The number of aromatic nitrogens is 2. The number of hydrogen-bond acceptors (Lipinski definition) is 7. The summed E-state index contributed by atoms with van der Waals surface area (Å²) in [6.45, 7) is 4.70. The zero-order chi connectivity index (χ0) is 21.8. The van der Waals surface area contributed by atoms with Gasteiger partial charge in [-0.1, -0.05) is 12.1 Å². The van der Waals surface area contributed by atoms with E-state index >= 15 is 0 Å². The molecule has 0 amide bonds. The predicted molar refractivity (Wildman–Crippen MR) is 117 cm³/mol. The van der Waals surface area contributed by atoms with Crippen LogP contribution in [0.1, 0.15) is 5.82 Å². The minimum Gasteiger partial charge on any atom is -0.378 e. The molecule has 1 fully saturated rings. The predicted octanol–water partition coefficient (Wildman–Crippen LogP) is 3.31. The van der Waals surface area contributed by atoms with Crippen LogP contribution in [0, 0.1) is 12.7 Å². The molecule has 10 heteroatoms. The van der Waals surface area contributed by atoms with Gasteiger partial charge in [0, 0.05) is 30.5 Å². The van der Waals surface area contributed by atoms with Gasteiger partial charge in [-0.15, -0.1) is 0 Å². The third-order valence-corrected chi connectivity index (χ3v) is 6.11. The second-order valence-corrected chi connectivity index (χ2v) is 8.65. The van der Waals surface area contributed by atoms with Gasteiger partial charge in [-0.2, -0.15) is 0 Å². The van der Waals surface area contributed by atoms with Gasteiger partial charge in [-0.05, 0) is 43.3 Å². The van der Waals surface area contributed by atoms with E-state index in [0.29, 0.717) is 30.5 Å². The lowest BCUT2D eigenvalue weighted by molar-refractivity contribution is 0.122. The van der Waals surface area contributed by atoms with Crippen molar-refractivity contribution in [3.63, 3.8) is 0 Å². The average Bonchev–Trinajstić information content (AvgIpc) is 2.75. The van der Waals surface area contributed by atoms with Crippen molar-refractivity contribution in [2.45, 2.75) is 11.8 Å². The van der Waals surface area contributed by atoms with Gasteiger partial charge in [-0.25, -0.2) is 22.8 Å². The number of nitrogens with zero attached hydrogens (tertiary/aromatic N) is 3. The fourth-order valence-electron chi connectivity index (χ4n) is 3.21. The maximum Gasteiger partial charge on any atom is 0.264 e. The second kappa shape index (κ2) is 8.86. The van der Waals surface area contributed by atoms with E-state index in [4.69, 9.17) is 4.74 Å². The Hall–Kier alpha value is -3.24. The Morgan fingerprint density at radius 3 is 2.39 bits per heavy atom. The molecule has 0 saturated carbocycles. The van der Waals surface area contributed by atoms with E-state index in [-0.39, 0.29) is 0 Å². The van der Waals surface area contributed by atoms with Crippen LogP contribution in [-0.2, 0) is 14.8 Å². The first-order chi connectivity index (χ1) is 14.9. The molecule has 1 aliphatic rings. The number of anilines is 4. The number of morpholine rings is 1. The van der Waals surface area contributed by atoms with E-state index < -0.39 is 20.7 Å². The molecule has 0 radical (unpaired) electrons. The molecule has 0 aliphatic carbocycles. The number of benzene rings is 2. The van der Waals surface area contributed by atoms with Crippen molar-refractivity contribution in [1.29, 1.82) is 0 Å². The number of halogens is 1. The third-order valence-electron chi connectivity index (χ3n) is 4.70. The fraction of sp³-hybridized carbons (Fsp3) is 0.238. The van der Waals surface area contributed by atoms with Gasteiger partial charge in [0.2, 0.25) is 0 Å². The summed E-state index contributed by atoms with van der Waals surface area (Å²) in [7, 11) is -4.02. The summed E-state index contributed by atoms with van der Waals surface area (Å²) >= 11 is 0. The molecule has 0 unspecified atom stereocenters. The zero-order valence-corrected chi connectivity index (χ0v) is 17.7. The highest BCUT2D eigenvalue weighted by Crippen LogP contribution is 2.23. The maximum absolute atomic E-state index is 13.8. The molecule has 1 aliphatic heterocycles. The van der Waals surface area contributed by atoms with E-state index in [1.807, 2.05) is 13.0 Å². The molecular weight excluding hydrogens is 421 g/mol. The first kappa shape index (κ1) is 21.0. The van der Waals surface area contributed by atoms with Crippen LogP contribution in [0.3, 0.4) is 0 Å². The first-order valence-electron chi connectivity index (χ1n) is 9.73. The highest BCUT2D eigenvalue weighted by atomic mass is 32.2. The molecule has 2 N–H and O–H groups in total. The van der Waals surface area contributed by atoms with Crippen molar-refractivity contribution in [1.82, 2.24) is 9.97 Å². The summed E-state index contributed by atoms with van der Waals surface area (Å²) < 4.78 is 46.5. The van der Waals surface area contributed by atoms with Gasteiger partial charge in [0.1, 0.15) is 28.2 Å². The lowest BCUT2D eigenvalue weighted by atomic mass is 10.3. The lowest BCUT2D eigenvalue weighted by Gasteiger charge is -2.28. The summed E-state index contributed by atoms with van der Waals surface area (Å²) in [6.07, 6.45) is 0. The Bertz CT molecular complexity index is 1170. The van der Waals surface area contributed by atoms with Crippen LogP contribution in [-0.4, -0.2) is 44.7 Å². The summed E-state index contributed by atoms with van der Waals surface area (Å²) in [6, 6.07) is 13.7. The standard InChI is InChI=1S/C21H22FN5O3S/c1-15-23-20(14-21(24-15)27-10-12-30-13-11-27)25-16-6-8-17(9-7-16)26-31(28,29)19-5-3-2-4-18(19)22/h2-9,14,26H,10-13H2,1H3,(H,23,24,25). The molecule has 4 rings (SSSR count). The Morgan fingerprint density at radius 2 is 1.68 bits per heavy atom. The van der Waals surface area contributed by atoms with Crippen molar-refractivity contribution in [3.8, 4) is 0 Å². The minimum absolute atomic E-state index is 0.321. The number of hydrogen-bond donors (Lipinski definition) is 2. The van der Waals surface area contributed by atoms with Crippen molar-refractivity contribution in [2.75, 3.05) is 41.2 Å². The normalized spacial score (nSPS) is 14.3. The summed E-state index contributed by atoms with van der Waals surface area (Å²) in [5.74, 6) is 1.30. The molecule has 162 valence electrons. The molecule has 2 heterocycles. The Kier molecular flexibility index (Phi) is 6.01. The van der Waals surface area contributed by atoms with Crippen LogP contribution in [0.2, 0.25) is 0 Å². The zero-order valence-electron chi connectivity index (χ0n) is 16.9. The van der Waals surface area contributed by atoms with E-state index in [2.05, 4.69) is 24.9 Å². The molecule has 31 heavy (non-hydrogen) atoms. The van der Waals surface area contributed by atoms with Crippen LogP contribution < -0.4 is 14.9 Å². The van der Waals surface area contributed by atoms with E-state index in [1.54, 1.807) is 24.3 Å². The summed E-state index contributed by atoms with van der Waals surface area (Å²) in [5.41, 5.74) is 1.04. The Labute approximate surface area is 180 Å². The van der Waals surface area contributed by atoms with E-state index in [0.717, 1.165) is 30.7 Å². The monoisotopic (exact) mass is 443 g/mol. The van der Waals surface area contributed by atoms with Crippen molar-refractivity contribution in [2.24, 2.45) is 0 Å². The molecule has 0 bridgehead atoms. The average molecular weight is 444 g/mol. The Balaban J connectivity index is 1.48. The second-order valence-electron chi connectivity index (χ2n) is 7.00. The summed E-state index contributed by atoms with van der Waals surface area (Å²) in [5, 5.41) is 3.21. The SMILES string of the molecule is Cc1nc(Nc2ccc(NS(=O)(=O)c3ccccc3F)cc2)cc(N2CCOCC2)n1. The largest absolute Gasteiger partial charge is 0.378 e. The topological polar surface area (TPSA) is 96.5 Å². The highest BCUT2D eigenvalue weighted by molar-refractivity contribution is 7.92. The molecule has 1 aromatic heterocycles. The van der Waals surface area contributed by atoms with Crippen LogP contribution in [0.25, 0.3) is 0 Å². The molecule has 0 atom stereocenters. The van der Waals surface area contributed by atoms with Crippen molar-refractivity contribution in [3.05, 3.63) is 66.2 Å². The van der Waals surface area contributed by atoms with Crippen molar-refractivity contribution >= 4 is 33.0 Å². The molecule has 0 spiro atoms. The van der Waals surface area contributed by atoms with Gasteiger partial charge < -0.3 is 15.0 Å². The number of nitrogens with one attached hydrogen (secondary N) is 2. The maximum atomic E-state index is 13.8. The smallest absolute Gasteiger partial charge is 0.264 e. The van der Waals surface area contributed by atoms with Crippen molar-refractivity contribution < 1.29 is 17.5 Å². The van der Waals surface area contributed by atoms with Crippen LogP contribution in [0.5, 0.6) is 0 Å². The Morgan fingerprint density at radius 1 is 1.00 bits per heavy atom. The van der Waals surface area contributed by atoms with Crippen LogP contribution in [0.15, 0.2) is 59.5 Å². The van der Waals surface area contributed by atoms with E-state index in [1.165, 1.54) is 18.2 Å². The molecule has 2 aromatic carbocycles. The van der Waals surface area contributed by atoms with Gasteiger partial charge in [0.15, 0.2) is 0 Å². The molecule has 8 nitrogen and oxygen atoms in total. The summed E-state index contributed by atoms with van der Waals surface area (Å²) in [4.78, 5) is 10.7. The lowest BCUT2D eigenvalue weighted by Crippen LogP contribution is -2.36. The number of rotatable bonds is 6. The third kappa shape index (κ3) is 5.09. The molecular formula is C21H22FN5O3S. The quantitative estimate of drug-likeness (QED) is 0.603. The van der Waals surface area contributed by atoms with Gasteiger partial charge in [-0.3, -0.25) is 4.72 Å². The highest BCUT2D eigenvalue weighted by Gasteiger charge is 2.18. The molecule has 3 aromatic rings. The first-order valence-corrected chi connectivity index (χ1v) is 11.2. The number of ether oxygens (including phenoxy) is 1. The number of sulfonamides is 1. The minimum atomic E-state index is -4.02. The van der Waals surface area contributed by atoms with Crippen LogP contribution in [0.4, 0.5) is 27.4 Å². The molecule has 1 saturated heterocycles. The fourth-order valence-corrected chi connectivity index (χ4v) is 4.35. The van der Waals surface area contributed by atoms with Gasteiger partial charge >= 0.3 is 0 Å². The van der Waals surface area contributed by atoms with Gasteiger partial charge in [0.25, 0.3) is 10.0 Å². The number of aryl methyl sites for hydroxylation is 1.